The molecule has 7 heteroatoms. The summed E-state index contributed by atoms with van der Waals surface area (Å²) in [7, 11) is 0. The van der Waals surface area contributed by atoms with E-state index in [0.29, 0.717) is 0 Å². The van der Waals surface area contributed by atoms with Crippen LogP contribution in [0, 0.1) is 13.8 Å². The number of carbonyl (C=O) groups is 2. The summed E-state index contributed by atoms with van der Waals surface area (Å²) in [5.41, 5.74) is 15.9. The largest absolute Gasteiger partial charge is 0.365 e. The predicted octanol–water partition coefficient (Wildman–Crippen LogP) is 2.75. The van der Waals surface area contributed by atoms with Crippen molar-refractivity contribution in [3.63, 3.8) is 0 Å². The Bertz CT molecular complexity index is 990. The number of urea groups is 1. The monoisotopic (exact) mass is 349 g/mol. The van der Waals surface area contributed by atoms with Crippen LogP contribution in [-0.2, 0) is 0 Å². The molecule has 1 heterocycles. The van der Waals surface area contributed by atoms with Gasteiger partial charge >= 0.3 is 6.03 Å². The molecule has 0 bridgehead atoms. The molecule has 3 aromatic rings. The van der Waals surface area contributed by atoms with E-state index in [-0.39, 0.29) is 11.4 Å². The van der Waals surface area contributed by atoms with Gasteiger partial charge in [0.25, 0.3) is 5.91 Å². The van der Waals surface area contributed by atoms with Crippen molar-refractivity contribution in [1.29, 1.82) is 0 Å². The van der Waals surface area contributed by atoms with Gasteiger partial charge in [0.2, 0.25) is 0 Å². The summed E-state index contributed by atoms with van der Waals surface area (Å²) in [5.74, 6) is -0.671. The fourth-order valence-electron chi connectivity index (χ4n) is 2.62. The van der Waals surface area contributed by atoms with Crippen LogP contribution in [-0.4, -0.2) is 21.7 Å². The molecule has 0 fully saturated rings. The van der Waals surface area contributed by atoms with Crippen molar-refractivity contribution in [3.8, 4) is 16.8 Å². The van der Waals surface area contributed by atoms with E-state index in [1.807, 2.05) is 24.3 Å². The minimum Gasteiger partial charge on any atom is -0.365 e. The lowest BCUT2D eigenvalue weighted by atomic mass is 10.0. The Morgan fingerprint density at radius 2 is 1.62 bits per heavy atom. The molecule has 0 unspecified atom stereocenters. The normalized spacial score (nSPS) is 10.5. The molecule has 1 aromatic heterocycles. The number of aromatic nitrogens is 2. The van der Waals surface area contributed by atoms with Crippen molar-refractivity contribution in [2.45, 2.75) is 13.8 Å². The van der Waals surface area contributed by atoms with Gasteiger partial charge in [0.1, 0.15) is 5.56 Å². The number of nitrogens with one attached hydrogen (secondary N) is 1. The van der Waals surface area contributed by atoms with Gasteiger partial charge in [-0.2, -0.15) is 0 Å². The van der Waals surface area contributed by atoms with E-state index < -0.39 is 11.9 Å². The van der Waals surface area contributed by atoms with Gasteiger partial charge < -0.3 is 11.5 Å². The van der Waals surface area contributed by atoms with Gasteiger partial charge in [0.05, 0.1) is 5.69 Å². The minimum absolute atomic E-state index is 0.0308. The van der Waals surface area contributed by atoms with Crippen LogP contribution in [0.25, 0.3) is 16.8 Å². The number of anilines is 1. The average Bonchev–Trinajstić information content (AvgIpc) is 3.01. The summed E-state index contributed by atoms with van der Waals surface area (Å²) < 4.78 is 1.47. The van der Waals surface area contributed by atoms with Crippen LogP contribution in [0.3, 0.4) is 0 Å². The zero-order valence-corrected chi connectivity index (χ0v) is 14.5. The lowest BCUT2D eigenvalue weighted by molar-refractivity contribution is 0.100. The third-order valence-corrected chi connectivity index (χ3v) is 4.19. The first-order valence-corrected chi connectivity index (χ1v) is 7.99. The molecular formula is C19H19N5O2. The molecule has 0 aliphatic carbocycles. The Labute approximate surface area is 150 Å². The Kier molecular flexibility index (Phi) is 4.45. The molecule has 0 saturated heterocycles. The third kappa shape index (κ3) is 3.41. The number of amides is 3. The number of benzene rings is 2. The highest BCUT2D eigenvalue weighted by Crippen LogP contribution is 2.24. The van der Waals surface area contributed by atoms with Gasteiger partial charge in [-0.25, -0.2) is 9.48 Å². The zero-order valence-electron chi connectivity index (χ0n) is 14.5. The molecule has 3 rings (SSSR count). The summed E-state index contributed by atoms with van der Waals surface area (Å²) in [6.07, 6.45) is 1.46. The van der Waals surface area contributed by atoms with Crippen LogP contribution >= 0.6 is 0 Å². The number of nitrogens with zero attached hydrogens (tertiary/aromatic N) is 2. The van der Waals surface area contributed by atoms with Crippen molar-refractivity contribution in [2.24, 2.45) is 11.5 Å². The van der Waals surface area contributed by atoms with Crippen molar-refractivity contribution >= 4 is 17.8 Å². The Balaban J connectivity index is 1.94. The molecule has 132 valence electrons. The first-order valence-electron chi connectivity index (χ1n) is 7.99. The second kappa shape index (κ2) is 6.72. The average molecular weight is 349 g/mol. The summed E-state index contributed by atoms with van der Waals surface area (Å²) >= 11 is 0. The summed E-state index contributed by atoms with van der Waals surface area (Å²) in [4.78, 5) is 22.6. The topological polar surface area (TPSA) is 116 Å². The zero-order chi connectivity index (χ0) is 18.8. The maximum atomic E-state index is 11.5. The second-order valence-corrected chi connectivity index (χ2v) is 6.04. The lowest BCUT2D eigenvalue weighted by Gasteiger charge is -2.07. The van der Waals surface area contributed by atoms with E-state index in [2.05, 4.69) is 42.5 Å². The fourth-order valence-corrected chi connectivity index (χ4v) is 2.62. The Morgan fingerprint density at radius 1 is 0.962 bits per heavy atom. The van der Waals surface area contributed by atoms with Crippen LogP contribution in [0.5, 0.6) is 0 Å². The van der Waals surface area contributed by atoms with Crippen LogP contribution in [0.15, 0.2) is 48.7 Å². The molecule has 26 heavy (non-hydrogen) atoms. The number of hydrogen-bond donors (Lipinski definition) is 3. The molecular weight excluding hydrogens is 330 g/mol. The van der Waals surface area contributed by atoms with Gasteiger partial charge in [-0.05, 0) is 48.2 Å². The quantitative estimate of drug-likeness (QED) is 0.672. The Morgan fingerprint density at radius 3 is 2.19 bits per heavy atom. The number of carbonyl (C=O) groups excluding carboxylic acids is 2. The lowest BCUT2D eigenvalue weighted by Crippen LogP contribution is -2.22. The molecule has 0 radical (unpaired) electrons. The molecule has 2 aromatic carbocycles. The molecule has 0 atom stereocenters. The molecule has 0 aliphatic rings. The smallest absolute Gasteiger partial charge is 0.317 e. The van der Waals surface area contributed by atoms with E-state index in [1.165, 1.54) is 22.0 Å². The van der Waals surface area contributed by atoms with E-state index in [0.717, 1.165) is 16.8 Å². The van der Waals surface area contributed by atoms with Crippen molar-refractivity contribution in [2.75, 3.05) is 5.32 Å². The Hall–Kier alpha value is -3.61. The maximum Gasteiger partial charge on any atom is 0.317 e. The molecule has 0 aliphatic heterocycles. The predicted molar refractivity (Wildman–Crippen MR) is 100 cm³/mol. The first kappa shape index (κ1) is 17.2. The highest BCUT2D eigenvalue weighted by atomic mass is 16.2. The third-order valence-electron chi connectivity index (χ3n) is 4.19. The van der Waals surface area contributed by atoms with E-state index in [4.69, 9.17) is 11.5 Å². The van der Waals surface area contributed by atoms with Crippen LogP contribution in [0.2, 0.25) is 0 Å². The fraction of sp³-hybridized carbons (Fsp3) is 0.105. The van der Waals surface area contributed by atoms with Gasteiger partial charge in [-0.1, -0.05) is 30.3 Å². The van der Waals surface area contributed by atoms with Crippen molar-refractivity contribution < 1.29 is 9.59 Å². The SMILES string of the molecule is Cc1ccc(-c2ccc(-n3cc(C(N)=O)c(NC(N)=O)n3)cc2)cc1C. The van der Waals surface area contributed by atoms with Gasteiger partial charge in [-0.15, -0.1) is 5.10 Å². The standard InChI is InChI=1S/C19H19N5O2/c1-11-3-4-14(9-12(11)2)13-5-7-15(8-6-13)24-10-16(17(20)25)18(23-24)22-19(21)26/h3-10H,1-2H3,(H2,20,25)(H3,21,22,23,26). The van der Waals surface area contributed by atoms with E-state index >= 15 is 0 Å². The van der Waals surface area contributed by atoms with Gasteiger partial charge in [0, 0.05) is 6.20 Å². The van der Waals surface area contributed by atoms with Crippen LogP contribution in [0.1, 0.15) is 21.5 Å². The summed E-state index contributed by atoms with van der Waals surface area (Å²) in [6, 6.07) is 13.2. The second-order valence-electron chi connectivity index (χ2n) is 6.04. The van der Waals surface area contributed by atoms with Crippen molar-refractivity contribution in [3.05, 3.63) is 65.4 Å². The van der Waals surface area contributed by atoms with Crippen LogP contribution < -0.4 is 16.8 Å². The number of rotatable bonds is 4. The molecule has 7 nitrogen and oxygen atoms in total. The highest BCUT2D eigenvalue weighted by Gasteiger charge is 2.16. The highest BCUT2D eigenvalue weighted by molar-refractivity contribution is 6.01. The number of hydrogen-bond acceptors (Lipinski definition) is 3. The van der Waals surface area contributed by atoms with Gasteiger partial charge in [0.15, 0.2) is 5.82 Å². The maximum absolute atomic E-state index is 11.5. The summed E-state index contributed by atoms with van der Waals surface area (Å²) in [5, 5.41) is 6.47. The molecule has 5 N–H and O–H groups in total. The van der Waals surface area contributed by atoms with Gasteiger partial charge in [-0.3, -0.25) is 10.1 Å². The molecule has 0 spiro atoms. The molecule has 0 saturated carbocycles. The molecule has 3 amide bonds. The van der Waals surface area contributed by atoms with E-state index in [9.17, 15) is 9.59 Å². The number of primary amides is 2. The number of nitrogens with two attached hydrogens (primary N) is 2. The number of aryl methyl sites for hydroxylation is 2. The van der Waals surface area contributed by atoms with E-state index in [1.54, 1.807) is 0 Å². The van der Waals surface area contributed by atoms with Crippen molar-refractivity contribution in [1.82, 2.24) is 9.78 Å². The summed E-state index contributed by atoms with van der Waals surface area (Å²) in [6.45, 7) is 4.16. The van der Waals surface area contributed by atoms with Crippen LogP contribution in [0.4, 0.5) is 10.6 Å². The minimum atomic E-state index is -0.817. The first-order chi connectivity index (χ1) is 12.3.